The Morgan fingerprint density at radius 2 is 2.12 bits per heavy atom. The summed E-state index contributed by atoms with van der Waals surface area (Å²) in [5.74, 6) is 2.51. The molecule has 2 N–H and O–H groups in total. The van der Waals surface area contributed by atoms with Crippen LogP contribution < -0.4 is 10.6 Å². The van der Waals surface area contributed by atoms with Crippen LogP contribution >= 0.6 is 27.7 Å². The Kier molecular flexibility index (Phi) is 4.55. The number of anilines is 1. The molecule has 1 aromatic carbocycles. The summed E-state index contributed by atoms with van der Waals surface area (Å²) in [6, 6.07) is 6.49. The maximum absolute atomic E-state index is 5.70. The first-order valence-corrected chi connectivity index (χ1v) is 7.56. The Balaban J connectivity index is 2.20. The van der Waals surface area contributed by atoms with Gasteiger partial charge in [0, 0.05) is 35.5 Å². The van der Waals surface area contributed by atoms with Gasteiger partial charge in [0.25, 0.3) is 0 Å². The van der Waals surface area contributed by atoms with Crippen molar-refractivity contribution in [2.75, 3.05) is 29.5 Å². The van der Waals surface area contributed by atoms with Gasteiger partial charge in [-0.3, -0.25) is 0 Å². The molecule has 1 aliphatic heterocycles. The van der Waals surface area contributed by atoms with E-state index >= 15 is 0 Å². The van der Waals surface area contributed by atoms with Crippen LogP contribution in [-0.4, -0.2) is 24.6 Å². The van der Waals surface area contributed by atoms with E-state index in [1.807, 2.05) is 0 Å². The number of benzene rings is 1. The molecule has 0 bridgehead atoms. The van der Waals surface area contributed by atoms with Gasteiger partial charge in [-0.25, -0.2) is 0 Å². The van der Waals surface area contributed by atoms with Crippen LogP contribution in [0.15, 0.2) is 22.7 Å². The number of hydrogen-bond donors (Lipinski definition) is 1. The molecule has 2 rings (SSSR count). The van der Waals surface area contributed by atoms with E-state index in [9.17, 15) is 0 Å². The van der Waals surface area contributed by atoms with E-state index in [0.29, 0.717) is 6.54 Å². The number of rotatable bonds is 2. The topological polar surface area (TPSA) is 29.3 Å². The molecule has 1 aromatic rings. The maximum atomic E-state index is 5.70. The molecular weight excluding hydrogens is 284 g/mol. The molecule has 0 aromatic heterocycles. The van der Waals surface area contributed by atoms with E-state index in [1.54, 1.807) is 0 Å². The van der Waals surface area contributed by atoms with E-state index in [0.717, 1.165) is 17.6 Å². The monoisotopic (exact) mass is 300 g/mol. The van der Waals surface area contributed by atoms with Gasteiger partial charge in [0.2, 0.25) is 0 Å². The third-order valence-electron chi connectivity index (χ3n) is 2.77. The van der Waals surface area contributed by atoms with Crippen LogP contribution in [0.25, 0.3) is 0 Å². The van der Waals surface area contributed by atoms with Gasteiger partial charge in [-0.2, -0.15) is 11.8 Å². The smallest absolute Gasteiger partial charge is 0.0381 e. The van der Waals surface area contributed by atoms with Crippen LogP contribution in [0.5, 0.6) is 0 Å². The number of nitrogens with two attached hydrogens (primary N) is 1. The third kappa shape index (κ3) is 3.15. The quantitative estimate of drug-likeness (QED) is 0.911. The molecule has 0 amide bonds. The molecule has 0 unspecified atom stereocenters. The molecule has 0 atom stereocenters. The van der Waals surface area contributed by atoms with E-state index in [1.165, 1.54) is 29.2 Å². The van der Waals surface area contributed by atoms with E-state index < -0.39 is 0 Å². The molecule has 1 fully saturated rings. The fourth-order valence-electron chi connectivity index (χ4n) is 1.94. The highest BCUT2D eigenvalue weighted by molar-refractivity contribution is 9.10. The number of nitrogens with zero attached hydrogens (tertiary/aromatic N) is 1. The fraction of sp³-hybridized carbons (Fsp3) is 0.500. The molecule has 0 saturated carbocycles. The fourth-order valence-corrected chi connectivity index (χ4v) is 3.35. The zero-order valence-corrected chi connectivity index (χ0v) is 11.7. The molecule has 0 radical (unpaired) electrons. The summed E-state index contributed by atoms with van der Waals surface area (Å²) in [5.41, 5.74) is 8.20. The lowest BCUT2D eigenvalue weighted by atomic mass is 10.2. The van der Waals surface area contributed by atoms with Gasteiger partial charge in [0.05, 0.1) is 0 Å². The largest absolute Gasteiger partial charge is 0.371 e. The summed E-state index contributed by atoms with van der Waals surface area (Å²) in [7, 11) is 0. The van der Waals surface area contributed by atoms with Crippen LogP contribution in [0.4, 0.5) is 5.69 Å². The van der Waals surface area contributed by atoms with E-state index in [-0.39, 0.29) is 0 Å². The molecule has 16 heavy (non-hydrogen) atoms. The molecule has 1 aliphatic rings. The molecule has 4 heteroatoms. The molecule has 1 saturated heterocycles. The minimum atomic E-state index is 0.606. The number of halogens is 1. The van der Waals surface area contributed by atoms with Crippen LogP contribution in [-0.2, 0) is 6.54 Å². The van der Waals surface area contributed by atoms with Gasteiger partial charge in [-0.15, -0.1) is 0 Å². The Morgan fingerprint density at radius 1 is 1.25 bits per heavy atom. The zero-order valence-electron chi connectivity index (χ0n) is 9.29. The van der Waals surface area contributed by atoms with Crippen molar-refractivity contribution >= 4 is 33.4 Å². The van der Waals surface area contributed by atoms with Crippen molar-refractivity contribution in [3.8, 4) is 0 Å². The van der Waals surface area contributed by atoms with E-state index in [4.69, 9.17) is 5.73 Å². The lowest BCUT2D eigenvalue weighted by Gasteiger charge is -2.23. The molecule has 0 spiro atoms. The van der Waals surface area contributed by atoms with Crippen molar-refractivity contribution in [2.45, 2.75) is 13.0 Å². The minimum absolute atomic E-state index is 0.606. The first-order chi connectivity index (χ1) is 7.79. The average molecular weight is 301 g/mol. The van der Waals surface area contributed by atoms with Gasteiger partial charge < -0.3 is 10.6 Å². The second kappa shape index (κ2) is 5.94. The average Bonchev–Trinajstić information content (AvgIpc) is 2.56. The van der Waals surface area contributed by atoms with Crippen LogP contribution in [0.3, 0.4) is 0 Å². The maximum Gasteiger partial charge on any atom is 0.0381 e. The number of thioether (sulfide) groups is 1. The first-order valence-electron chi connectivity index (χ1n) is 5.62. The van der Waals surface area contributed by atoms with Crippen molar-refractivity contribution in [1.82, 2.24) is 0 Å². The van der Waals surface area contributed by atoms with Crippen molar-refractivity contribution in [2.24, 2.45) is 5.73 Å². The van der Waals surface area contributed by atoms with Crippen molar-refractivity contribution in [3.63, 3.8) is 0 Å². The Hall–Kier alpha value is -0.190. The van der Waals surface area contributed by atoms with Gasteiger partial charge in [-0.1, -0.05) is 15.9 Å². The molecule has 1 heterocycles. The first kappa shape index (κ1) is 12.3. The molecule has 88 valence electrons. The Morgan fingerprint density at radius 3 is 2.94 bits per heavy atom. The Bertz CT molecular complexity index is 349. The highest BCUT2D eigenvalue weighted by Gasteiger charge is 2.11. The summed E-state index contributed by atoms with van der Waals surface area (Å²) in [6.07, 6.45) is 1.27. The van der Waals surface area contributed by atoms with Crippen LogP contribution in [0, 0.1) is 0 Å². The lowest BCUT2D eigenvalue weighted by molar-refractivity contribution is 0.814. The zero-order chi connectivity index (χ0) is 11.4. The SMILES string of the molecule is NCc1cc(Br)cc(N2CCCSCC2)c1. The second-order valence-corrected chi connectivity index (χ2v) is 6.12. The van der Waals surface area contributed by atoms with Crippen molar-refractivity contribution in [3.05, 3.63) is 28.2 Å². The highest BCUT2D eigenvalue weighted by atomic mass is 79.9. The normalized spacial score (nSPS) is 17.2. The van der Waals surface area contributed by atoms with Crippen LogP contribution in [0.2, 0.25) is 0 Å². The van der Waals surface area contributed by atoms with Gasteiger partial charge in [0.1, 0.15) is 0 Å². The summed E-state index contributed by atoms with van der Waals surface area (Å²) in [4.78, 5) is 2.46. The summed E-state index contributed by atoms with van der Waals surface area (Å²) >= 11 is 5.60. The van der Waals surface area contributed by atoms with Gasteiger partial charge >= 0.3 is 0 Å². The molecular formula is C12H17BrN2S. The van der Waals surface area contributed by atoms with Gasteiger partial charge in [0.15, 0.2) is 0 Å². The third-order valence-corrected chi connectivity index (χ3v) is 4.27. The minimum Gasteiger partial charge on any atom is -0.371 e. The predicted octanol–water partition coefficient (Wildman–Crippen LogP) is 2.85. The highest BCUT2D eigenvalue weighted by Crippen LogP contribution is 2.24. The van der Waals surface area contributed by atoms with Crippen molar-refractivity contribution < 1.29 is 0 Å². The standard InChI is InChI=1S/C12H17BrN2S/c13-11-6-10(9-14)7-12(8-11)15-2-1-4-16-5-3-15/h6-8H,1-5,9,14H2. The van der Waals surface area contributed by atoms with Crippen molar-refractivity contribution in [1.29, 1.82) is 0 Å². The molecule has 0 aliphatic carbocycles. The van der Waals surface area contributed by atoms with Gasteiger partial charge in [-0.05, 0) is 35.9 Å². The lowest BCUT2D eigenvalue weighted by Crippen LogP contribution is -2.25. The summed E-state index contributed by atoms with van der Waals surface area (Å²) in [5, 5.41) is 0. The summed E-state index contributed by atoms with van der Waals surface area (Å²) < 4.78 is 1.13. The van der Waals surface area contributed by atoms with Crippen LogP contribution in [0.1, 0.15) is 12.0 Å². The molecule has 2 nitrogen and oxygen atoms in total. The van der Waals surface area contributed by atoms with E-state index in [2.05, 4.69) is 50.8 Å². The summed E-state index contributed by atoms with van der Waals surface area (Å²) in [6.45, 7) is 2.91. The number of hydrogen-bond acceptors (Lipinski definition) is 3. The Labute approximate surface area is 110 Å². The predicted molar refractivity (Wildman–Crippen MR) is 76.2 cm³/mol. The second-order valence-electron chi connectivity index (χ2n) is 3.97.